The number of nitrogens with zero attached hydrogens (tertiary/aromatic N) is 1. The van der Waals surface area contributed by atoms with E-state index in [2.05, 4.69) is 10.3 Å². The number of carbonyl (C=O) groups excluding carboxylic acids is 3. The summed E-state index contributed by atoms with van der Waals surface area (Å²) in [6.45, 7) is 1.03. The van der Waals surface area contributed by atoms with E-state index in [1.807, 2.05) is 19.1 Å². The van der Waals surface area contributed by atoms with Gasteiger partial charge in [0.1, 0.15) is 17.5 Å². The number of benzene rings is 2. The van der Waals surface area contributed by atoms with Crippen LogP contribution in [0.25, 0.3) is 0 Å². The predicted octanol–water partition coefficient (Wildman–Crippen LogP) is 2.44. The Labute approximate surface area is 218 Å². The SMILES string of the molecule is Cc1ccc(NC(=O)COc2ccc([C@@H]3c4sc(=O)[nH]c4SC4C(=O)N(CC(=O)O)C(=O)C43)cc2)cc1. The molecule has 2 aliphatic heterocycles. The quantitative estimate of drug-likeness (QED) is 0.388. The van der Waals surface area contributed by atoms with E-state index < -0.39 is 41.4 Å². The summed E-state index contributed by atoms with van der Waals surface area (Å²) in [7, 11) is 0. The van der Waals surface area contributed by atoms with E-state index >= 15 is 0 Å². The van der Waals surface area contributed by atoms with E-state index in [0.29, 0.717) is 26.9 Å². The number of carbonyl (C=O) groups is 4. The maximum atomic E-state index is 13.2. The van der Waals surface area contributed by atoms with Crippen LogP contribution in [0.5, 0.6) is 5.75 Å². The van der Waals surface area contributed by atoms with E-state index in [-0.39, 0.29) is 17.4 Å². The van der Waals surface area contributed by atoms with Crippen LogP contribution in [-0.4, -0.2) is 57.1 Å². The number of carboxylic acid groups (broad SMARTS) is 1. The van der Waals surface area contributed by atoms with Crippen LogP contribution in [0.2, 0.25) is 0 Å². The van der Waals surface area contributed by atoms with Gasteiger partial charge in [-0.25, -0.2) is 0 Å². The van der Waals surface area contributed by atoms with E-state index in [0.717, 1.165) is 33.6 Å². The molecule has 0 spiro atoms. The molecule has 3 aromatic rings. The van der Waals surface area contributed by atoms with Crippen molar-refractivity contribution in [3.63, 3.8) is 0 Å². The van der Waals surface area contributed by atoms with Crippen molar-refractivity contribution in [2.24, 2.45) is 5.92 Å². The summed E-state index contributed by atoms with van der Waals surface area (Å²) in [4.78, 5) is 65.5. The Morgan fingerprint density at radius 3 is 2.43 bits per heavy atom. The number of hydrogen-bond donors (Lipinski definition) is 3. The second kappa shape index (κ2) is 9.87. The van der Waals surface area contributed by atoms with Gasteiger partial charge in [-0.2, -0.15) is 0 Å². The van der Waals surface area contributed by atoms with Gasteiger partial charge in [0.25, 0.3) is 5.91 Å². The number of anilines is 1. The van der Waals surface area contributed by atoms with Crippen LogP contribution < -0.4 is 14.9 Å². The number of amides is 3. The molecule has 3 amide bonds. The molecule has 1 fully saturated rings. The monoisotopic (exact) mass is 539 g/mol. The number of likely N-dealkylation sites (tertiary alicyclic amines) is 1. The fourth-order valence-corrected chi connectivity index (χ4v) is 7.02. The first-order valence-corrected chi connectivity index (χ1v) is 13.0. The predicted molar refractivity (Wildman–Crippen MR) is 136 cm³/mol. The maximum absolute atomic E-state index is 13.2. The lowest BCUT2D eigenvalue weighted by atomic mass is 9.83. The number of aromatic amines is 1. The van der Waals surface area contributed by atoms with E-state index in [1.54, 1.807) is 36.4 Å². The van der Waals surface area contributed by atoms with Crippen LogP contribution >= 0.6 is 23.1 Å². The Hall–Kier alpha value is -3.90. The molecule has 0 aliphatic carbocycles. The molecule has 3 atom stereocenters. The highest BCUT2D eigenvalue weighted by molar-refractivity contribution is 8.00. The number of H-pyrrole nitrogens is 1. The molecule has 1 saturated heterocycles. The van der Waals surface area contributed by atoms with Gasteiger partial charge >= 0.3 is 10.8 Å². The first-order valence-electron chi connectivity index (χ1n) is 11.3. The van der Waals surface area contributed by atoms with E-state index in [1.165, 1.54) is 0 Å². The van der Waals surface area contributed by atoms with Crippen molar-refractivity contribution in [1.29, 1.82) is 0 Å². The van der Waals surface area contributed by atoms with Gasteiger partial charge in [0.2, 0.25) is 11.8 Å². The van der Waals surface area contributed by atoms with Gasteiger partial charge in [-0.1, -0.05) is 52.9 Å². The van der Waals surface area contributed by atoms with Crippen molar-refractivity contribution in [2.75, 3.05) is 18.5 Å². The number of fused-ring (bicyclic) bond motifs is 2. The minimum Gasteiger partial charge on any atom is -0.484 e. The van der Waals surface area contributed by atoms with Gasteiger partial charge in [-0.3, -0.25) is 28.9 Å². The van der Waals surface area contributed by atoms with Gasteiger partial charge < -0.3 is 20.1 Å². The molecular weight excluding hydrogens is 518 g/mol. The third-order valence-electron chi connectivity index (χ3n) is 6.15. The fraction of sp³-hybridized carbons (Fsp3) is 0.240. The van der Waals surface area contributed by atoms with Crippen LogP contribution in [0.4, 0.5) is 5.69 Å². The Bertz CT molecular complexity index is 1450. The summed E-state index contributed by atoms with van der Waals surface area (Å²) in [5.74, 6) is -3.79. The standard InChI is InChI=1S/C25H21N3O7S2/c1-12-2-6-14(7-3-12)26-16(29)11-35-15-8-4-13(5-9-15)18-19-21(36-22-20(18)37-25(34)27-22)24(33)28(23(19)32)10-17(30)31/h2-9,18-19,21H,10-11H2,1H3,(H,26,29)(H,27,34)(H,30,31)/t18-,19?,21?/m0/s1. The summed E-state index contributed by atoms with van der Waals surface area (Å²) in [5.41, 5.74) is 2.41. The van der Waals surface area contributed by atoms with Crippen molar-refractivity contribution in [2.45, 2.75) is 23.1 Å². The Morgan fingerprint density at radius 2 is 1.76 bits per heavy atom. The normalized spacial score (nSPS) is 20.4. The summed E-state index contributed by atoms with van der Waals surface area (Å²) >= 11 is 2.05. The van der Waals surface area contributed by atoms with Crippen molar-refractivity contribution in [1.82, 2.24) is 9.88 Å². The highest BCUT2D eigenvalue weighted by Gasteiger charge is 2.56. The largest absolute Gasteiger partial charge is 0.484 e. The molecule has 2 unspecified atom stereocenters. The van der Waals surface area contributed by atoms with Crippen molar-refractivity contribution < 1.29 is 29.0 Å². The molecule has 0 saturated carbocycles. The van der Waals surface area contributed by atoms with Crippen LogP contribution in [0, 0.1) is 12.8 Å². The molecule has 2 aromatic carbocycles. The molecule has 5 rings (SSSR count). The lowest BCUT2D eigenvalue weighted by molar-refractivity contribution is -0.149. The lowest BCUT2D eigenvalue weighted by Crippen LogP contribution is -2.36. The zero-order chi connectivity index (χ0) is 26.3. The summed E-state index contributed by atoms with van der Waals surface area (Å²) < 4.78 is 5.60. The number of thiazole rings is 1. The number of imide groups is 1. The number of thioether (sulfide) groups is 1. The Morgan fingerprint density at radius 1 is 1.05 bits per heavy atom. The van der Waals surface area contributed by atoms with Gasteiger partial charge in [0.15, 0.2) is 6.61 Å². The second-order valence-electron chi connectivity index (χ2n) is 8.68. The van der Waals surface area contributed by atoms with Crippen molar-refractivity contribution >= 4 is 52.5 Å². The average molecular weight is 540 g/mol. The van der Waals surface area contributed by atoms with Crippen LogP contribution in [-0.2, 0) is 19.2 Å². The van der Waals surface area contributed by atoms with Crippen molar-refractivity contribution in [3.8, 4) is 5.75 Å². The first kappa shape index (κ1) is 24.8. The third kappa shape index (κ3) is 4.89. The maximum Gasteiger partial charge on any atom is 0.323 e. The number of hydrogen-bond acceptors (Lipinski definition) is 8. The topological polar surface area (TPSA) is 146 Å². The highest BCUT2D eigenvalue weighted by Crippen LogP contribution is 2.52. The van der Waals surface area contributed by atoms with E-state index in [9.17, 15) is 24.0 Å². The molecule has 0 radical (unpaired) electrons. The number of rotatable bonds is 7. The molecule has 37 heavy (non-hydrogen) atoms. The second-order valence-corrected chi connectivity index (χ2v) is 10.8. The van der Waals surface area contributed by atoms with E-state index in [4.69, 9.17) is 9.84 Å². The number of carboxylic acids is 1. The molecule has 10 nitrogen and oxygen atoms in total. The van der Waals surface area contributed by atoms with Crippen LogP contribution in [0.1, 0.15) is 21.9 Å². The van der Waals surface area contributed by atoms with Crippen molar-refractivity contribution in [3.05, 3.63) is 74.2 Å². The smallest absolute Gasteiger partial charge is 0.323 e. The Balaban J connectivity index is 1.35. The zero-order valence-electron chi connectivity index (χ0n) is 19.4. The molecule has 190 valence electrons. The minimum absolute atomic E-state index is 0.210. The third-order valence-corrected chi connectivity index (χ3v) is 8.55. The zero-order valence-corrected chi connectivity index (χ0v) is 21.1. The Kier molecular flexibility index (Phi) is 6.61. The van der Waals surface area contributed by atoms with Gasteiger partial charge in [-0.15, -0.1) is 0 Å². The molecule has 0 bridgehead atoms. The van der Waals surface area contributed by atoms with Gasteiger partial charge in [0, 0.05) is 16.5 Å². The van der Waals surface area contributed by atoms with Crippen LogP contribution in [0.3, 0.4) is 0 Å². The summed E-state index contributed by atoms with van der Waals surface area (Å²) in [6.07, 6.45) is 0. The molecule has 3 heterocycles. The molecular formula is C25H21N3O7S2. The lowest BCUT2D eigenvalue weighted by Gasteiger charge is -2.29. The highest BCUT2D eigenvalue weighted by atomic mass is 32.2. The number of aryl methyl sites for hydroxylation is 1. The minimum atomic E-state index is -1.28. The molecule has 3 N–H and O–H groups in total. The number of aromatic nitrogens is 1. The van der Waals surface area contributed by atoms with Gasteiger partial charge in [-0.05, 0) is 36.8 Å². The molecule has 2 aliphatic rings. The molecule has 12 heteroatoms. The van der Waals surface area contributed by atoms with Gasteiger partial charge in [0.05, 0.1) is 10.9 Å². The summed E-state index contributed by atoms with van der Waals surface area (Å²) in [5, 5.41) is 11.6. The fourth-order valence-electron chi connectivity index (χ4n) is 4.48. The number of nitrogens with one attached hydrogen (secondary N) is 2. The first-order chi connectivity index (χ1) is 17.7. The summed E-state index contributed by atoms with van der Waals surface area (Å²) in [6, 6.07) is 14.1. The molecule has 1 aromatic heterocycles. The number of ether oxygens (including phenoxy) is 1. The average Bonchev–Trinajstić information content (AvgIpc) is 3.35. The van der Waals surface area contributed by atoms with Crippen LogP contribution in [0.15, 0.2) is 58.4 Å². The number of aliphatic carboxylic acids is 1.